The third-order valence-corrected chi connectivity index (χ3v) is 3.22. The first-order chi connectivity index (χ1) is 7.78. The van der Waals surface area contributed by atoms with Crippen LogP contribution in [0.15, 0.2) is 0 Å². The fraction of sp³-hybridized carbons (Fsp3) is 1.00. The van der Waals surface area contributed by atoms with Gasteiger partial charge in [0.2, 0.25) is 0 Å². The maximum atomic E-state index is 3.52. The van der Waals surface area contributed by atoms with Crippen molar-refractivity contribution in [2.75, 3.05) is 52.4 Å². The Hall–Kier alpha value is -0.120. The molecule has 3 nitrogen and oxygen atoms in total. The molecule has 0 aliphatic carbocycles. The van der Waals surface area contributed by atoms with Gasteiger partial charge in [-0.3, -0.25) is 0 Å². The van der Waals surface area contributed by atoms with Crippen LogP contribution in [0.3, 0.4) is 0 Å². The van der Waals surface area contributed by atoms with Crippen LogP contribution in [-0.4, -0.2) is 62.2 Å². The van der Waals surface area contributed by atoms with Gasteiger partial charge < -0.3 is 15.1 Å². The van der Waals surface area contributed by atoms with E-state index in [2.05, 4.69) is 42.8 Å². The molecule has 0 spiro atoms. The molecule has 3 heteroatoms. The van der Waals surface area contributed by atoms with Crippen LogP contribution in [0, 0.1) is 0 Å². The predicted molar refractivity (Wildman–Crippen MR) is 73.1 cm³/mol. The Morgan fingerprint density at radius 3 is 1.69 bits per heavy atom. The van der Waals surface area contributed by atoms with Gasteiger partial charge >= 0.3 is 0 Å². The Kier molecular flexibility index (Phi) is 11.3. The molecule has 16 heavy (non-hydrogen) atoms. The number of nitrogens with zero attached hydrogens (tertiary/aromatic N) is 2. The first-order valence-electron chi connectivity index (χ1n) is 6.93. The molecule has 0 bridgehead atoms. The minimum atomic E-state index is 1.12. The molecule has 0 amide bonds. The third kappa shape index (κ3) is 8.08. The molecule has 0 fully saturated rings. The SMILES string of the molecule is CCN(CC)CCCNCCN(CC)CC. The molecule has 0 heterocycles. The van der Waals surface area contributed by atoms with E-state index in [-0.39, 0.29) is 0 Å². The number of nitrogens with one attached hydrogen (secondary N) is 1. The number of hydrogen-bond donors (Lipinski definition) is 1. The van der Waals surface area contributed by atoms with Crippen LogP contribution in [0.5, 0.6) is 0 Å². The molecular weight excluding hydrogens is 198 g/mol. The maximum absolute atomic E-state index is 3.52. The van der Waals surface area contributed by atoms with Gasteiger partial charge in [-0.1, -0.05) is 27.7 Å². The van der Waals surface area contributed by atoms with E-state index in [1.807, 2.05) is 0 Å². The van der Waals surface area contributed by atoms with Crippen molar-refractivity contribution in [1.82, 2.24) is 15.1 Å². The zero-order chi connectivity index (χ0) is 12.2. The van der Waals surface area contributed by atoms with E-state index >= 15 is 0 Å². The van der Waals surface area contributed by atoms with Crippen molar-refractivity contribution in [1.29, 1.82) is 0 Å². The molecule has 98 valence electrons. The van der Waals surface area contributed by atoms with Gasteiger partial charge in [-0.05, 0) is 45.7 Å². The van der Waals surface area contributed by atoms with E-state index in [9.17, 15) is 0 Å². The van der Waals surface area contributed by atoms with Gasteiger partial charge in [0.15, 0.2) is 0 Å². The second-order valence-corrected chi connectivity index (χ2v) is 4.16. The molecule has 0 atom stereocenters. The largest absolute Gasteiger partial charge is 0.315 e. The highest BCUT2D eigenvalue weighted by Gasteiger charge is 1.99. The highest BCUT2D eigenvalue weighted by atomic mass is 15.1. The molecule has 0 aromatic rings. The second-order valence-electron chi connectivity index (χ2n) is 4.16. The van der Waals surface area contributed by atoms with Crippen molar-refractivity contribution in [3.8, 4) is 0 Å². The Labute approximate surface area is 102 Å². The molecule has 0 rings (SSSR count). The molecule has 0 aromatic carbocycles. The van der Waals surface area contributed by atoms with Gasteiger partial charge in [-0.15, -0.1) is 0 Å². The Balaban J connectivity index is 3.26. The van der Waals surface area contributed by atoms with Crippen molar-refractivity contribution in [3.05, 3.63) is 0 Å². The lowest BCUT2D eigenvalue weighted by Crippen LogP contribution is -2.33. The fourth-order valence-corrected chi connectivity index (χ4v) is 1.87. The van der Waals surface area contributed by atoms with Gasteiger partial charge in [0.1, 0.15) is 0 Å². The van der Waals surface area contributed by atoms with Crippen molar-refractivity contribution in [2.24, 2.45) is 0 Å². The zero-order valence-electron chi connectivity index (χ0n) is 11.8. The lowest BCUT2D eigenvalue weighted by atomic mass is 10.3. The summed E-state index contributed by atoms with van der Waals surface area (Å²) in [6.45, 7) is 18.3. The maximum Gasteiger partial charge on any atom is 0.0107 e. The van der Waals surface area contributed by atoms with Crippen molar-refractivity contribution >= 4 is 0 Å². The van der Waals surface area contributed by atoms with E-state index < -0.39 is 0 Å². The standard InChI is InChI=1S/C13H31N3/c1-5-15(6-2)12-9-10-14-11-13-16(7-3)8-4/h14H,5-13H2,1-4H3. The summed E-state index contributed by atoms with van der Waals surface area (Å²) in [6, 6.07) is 0. The monoisotopic (exact) mass is 229 g/mol. The molecule has 0 aliphatic rings. The number of hydrogen-bond acceptors (Lipinski definition) is 3. The Morgan fingerprint density at radius 2 is 1.19 bits per heavy atom. The summed E-state index contributed by atoms with van der Waals surface area (Å²) in [6.07, 6.45) is 1.26. The average molecular weight is 229 g/mol. The molecule has 0 radical (unpaired) electrons. The van der Waals surface area contributed by atoms with E-state index in [1.54, 1.807) is 0 Å². The molecular formula is C13H31N3. The zero-order valence-corrected chi connectivity index (χ0v) is 11.8. The summed E-state index contributed by atoms with van der Waals surface area (Å²) in [7, 11) is 0. The summed E-state index contributed by atoms with van der Waals surface area (Å²) in [4.78, 5) is 4.93. The summed E-state index contributed by atoms with van der Waals surface area (Å²) >= 11 is 0. The van der Waals surface area contributed by atoms with Crippen molar-refractivity contribution < 1.29 is 0 Å². The van der Waals surface area contributed by atoms with Crippen molar-refractivity contribution in [3.63, 3.8) is 0 Å². The normalized spacial score (nSPS) is 11.6. The van der Waals surface area contributed by atoms with Gasteiger partial charge in [0.25, 0.3) is 0 Å². The molecule has 0 aromatic heterocycles. The van der Waals surface area contributed by atoms with E-state index in [1.165, 1.54) is 32.6 Å². The summed E-state index contributed by atoms with van der Waals surface area (Å²) in [5.41, 5.74) is 0. The van der Waals surface area contributed by atoms with Crippen LogP contribution in [0.2, 0.25) is 0 Å². The predicted octanol–water partition coefficient (Wildman–Crippen LogP) is 1.65. The third-order valence-electron chi connectivity index (χ3n) is 3.22. The smallest absolute Gasteiger partial charge is 0.0107 e. The van der Waals surface area contributed by atoms with Crippen LogP contribution in [0.25, 0.3) is 0 Å². The van der Waals surface area contributed by atoms with Gasteiger partial charge in [-0.25, -0.2) is 0 Å². The van der Waals surface area contributed by atoms with Gasteiger partial charge in [0, 0.05) is 13.1 Å². The number of likely N-dealkylation sites (N-methyl/N-ethyl adjacent to an activating group) is 1. The molecule has 0 saturated carbocycles. The van der Waals surface area contributed by atoms with Crippen molar-refractivity contribution in [2.45, 2.75) is 34.1 Å². The Bertz CT molecular complexity index is 115. The summed E-state index contributed by atoms with van der Waals surface area (Å²) in [5.74, 6) is 0. The van der Waals surface area contributed by atoms with E-state index in [0.29, 0.717) is 0 Å². The van der Waals surface area contributed by atoms with E-state index in [0.717, 1.165) is 26.2 Å². The van der Waals surface area contributed by atoms with Crippen LogP contribution >= 0.6 is 0 Å². The highest BCUT2D eigenvalue weighted by molar-refractivity contribution is 4.58. The molecule has 1 N–H and O–H groups in total. The molecule has 0 unspecified atom stereocenters. The fourth-order valence-electron chi connectivity index (χ4n) is 1.87. The quantitative estimate of drug-likeness (QED) is 0.544. The van der Waals surface area contributed by atoms with Gasteiger partial charge in [0.05, 0.1) is 0 Å². The minimum absolute atomic E-state index is 1.12. The lowest BCUT2D eigenvalue weighted by Gasteiger charge is -2.19. The average Bonchev–Trinajstić information content (AvgIpc) is 2.33. The molecule has 0 saturated heterocycles. The van der Waals surface area contributed by atoms with Crippen LogP contribution in [0.1, 0.15) is 34.1 Å². The first-order valence-corrected chi connectivity index (χ1v) is 6.93. The van der Waals surface area contributed by atoms with Crippen LogP contribution in [-0.2, 0) is 0 Å². The summed E-state index contributed by atoms with van der Waals surface area (Å²) < 4.78 is 0. The summed E-state index contributed by atoms with van der Waals surface area (Å²) in [5, 5.41) is 3.52. The van der Waals surface area contributed by atoms with E-state index in [4.69, 9.17) is 0 Å². The minimum Gasteiger partial charge on any atom is -0.315 e. The first kappa shape index (κ1) is 15.9. The lowest BCUT2D eigenvalue weighted by molar-refractivity contribution is 0.288. The molecule has 0 aliphatic heterocycles. The highest BCUT2D eigenvalue weighted by Crippen LogP contribution is 1.89. The topological polar surface area (TPSA) is 18.5 Å². The second kappa shape index (κ2) is 11.4. The van der Waals surface area contributed by atoms with Crippen LogP contribution < -0.4 is 5.32 Å². The van der Waals surface area contributed by atoms with Gasteiger partial charge in [-0.2, -0.15) is 0 Å². The van der Waals surface area contributed by atoms with Crippen LogP contribution in [0.4, 0.5) is 0 Å². The Morgan fingerprint density at radius 1 is 0.688 bits per heavy atom. The number of rotatable bonds is 11.